The number of hydrogen-bond acceptors (Lipinski definition) is 3. The van der Waals surface area contributed by atoms with Gasteiger partial charge in [-0.2, -0.15) is 13.2 Å². The minimum absolute atomic E-state index is 0. The van der Waals surface area contributed by atoms with E-state index in [4.69, 9.17) is 5.73 Å². The summed E-state index contributed by atoms with van der Waals surface area (Å²) in [6.07, 6.45) is -3.08. The van der Waals surface area contributed by atoms with Crippen LogP contribution in [-0.2, 0) is 6.18 Å². The summed E-state index contributed by atoms with van der Waals surface area (Å²) in [5.74, 6) is -0.380. The van der Waals surface area contributed by atoms with Gasteiger partial charge in [-0.25, -0.2) is 0 Å². The van der Waals surface area contributed by atoms with E-state index < -0.39 is 11.7 Å². The van der Waals surface area contributed by atoms with Gasteiger partial charge in [0.15, 0.2) is 0 Å². The Hall–Kier alpha value is -1.34. The third-order valence-electron chi connectivity index (χ3n) is 3.39. The van der Waals surface area contributed by atoms with Gasteiger partial charge >= 0.3 is 6.18 Å². The molecule has 2 heterocycles. The molecular formula is C12H15ClF3N3O. The van der Waals surface area contributed by atoms with Crippen molar-refractivity contribution in [2.45, 2.75) is 31.6 Å². The highest BCUT2D eigenvalue weighted by Gasteiger charge is 2.34. The van der Waals surface area contributed by atoms with Gasteiger partial charge < -0.3 is 10.6 Å². The van der Waals surface area contributed by atoms with Crippen LogP contribution in [0.1, 0.15) is 29.4 Å². The Morgan fingerprint density at radius 2 is 2.10 bits per heavy atom. The Morgan fingerprint density at radius 1 is 1.45 bits per heavy atom. The van der Waals surface area contributed by atoms with Crippen molar-refractivity contribution in [2.24, 2.45) is 5.73 Å². The zero-order valence-electron chi connectivity index (χ0n) is 10.7. The first kappa shape index (κ1) is 16.7. The largest absolute Gasteiger partial charge is 0.417 e. The Morgan fingerprint density at radius 3 is 2.50 bits per heavy atom. The molecule has 1 fully saturated rings. The summed E-state index contributed by atoms with van der Waals surface area (Å²) in [5.41, 5.74) is 4.95. The molecule has 1 aliphatic rings. The van der Waals surface area contributed by atoms with Crippen LogP contribution in [0.25, 0.3) is 0 Å². The summed E-state index contributed by atoms with van der Waals surface area (Å²) in [6, 6.07) is 1.73. The molecule has 1 saturated heterocycles. The van der Waals surface area contributed by atoms with Crippen LogP contribution in [0.3, 0.4) is 0 Å². The lowest BCUT2D eigenvalue weighted by Gasteiger charge is -2.22. The summed E-state index contributed by atoms with van der Waals surface area (Å²) in [7, 11) is 0. The number of amides is 1. The zero-order valence-corrected chi connectivity index (χ0v) is 11.5. The number of nitrogens with two attached hydrogens (primary N) is 1. The second-order valence-corrected chi connectivity index (χ2v) is 4.62. The maximum absolute atomic E-state index is 12.4. The van der Waals surface area contributed by atoms with E-state index in [9.17, 15) is 18.0 Å². The van der Waals surface area contributed by atoms with Gasteiger partial charge in [-0.05, 0) is 25.5 Å². The van der Waals surface area contributed by atoms with Crippen LogP contribution in [0.4, 0.5) is 13.2 Å². The van der Waals surface area contributed by atoms with Crippen LogP contribution in [-0.4, -0.2) is 34.4 Å². The molecular weight excluding hydrogens is 295 g/mol. The van der Waals surface area contributed by atoms with Crippen molar-refractivity contribution in [3.8, 4) is 0 Å². The van der Waals surface area contributed by atoms with E-state index in [2.05, 4.69) is 4.98 Å². The lowest BCUT2D eigenvalue weighted by molar-refractivity contribution is -0.137. The fourth-order valence-corrected chi connectivity index (χ4v) is 2.09. The van der Waals surface area contributed by atoms with E-state index in [1.807, 2.05) is 6.92 Å². The number of alkyl halides is 3. The average Bonchev–Trinajstić information content (AvgIpc) is 2.68. The van der Waals surface area contributed by atoms with E-state index >= 15 is 0 Å². The first-order valence-electron chi connectivity index (χ1n) is 5.90. The lowest BCUT2D eigenvalue weighted by Crippen LogP contribution is -2.40. The highest BCUT2D eigenvalue weighted by atomic mass is 35.5. The van der Waals surface area contributed by atoms with Gasteiger partial charge in [0.1, 0.15) is 5.69 Å². The fourth-order valence-electron chi connectivity index (χ4n) is 2.09. The second-order valence-electron chi connectivity index (χ2n) is 4.62. The molecule has 2 unspecified atom stereocenters. The molecule has 2 rings (SSSR count). The first-order chi connectivity index (χ1) is 8.80. The highest BCUT2D eigenvalue weighted by molar-refractivity contribution is 5.92. The Bertz CT molecular complexity index is 478. The molecule has 1 amide bonds. The van der Waals surface area contributed by atoms with Crippen LogP contribution < -0.4 is 5.73 Å². The maximum Gasteiger partial charge on any atom is 0.417 e. The predicted molar refractivity (Wildman–Crippen MR) is 69.6 cm³/mol. The quantitative estimate of drug-likeness (QED) is 0.864. The summed E-state index contributed by atoms with van der Waals surface area (Å²) in [6.45, 7) is 2.32. The highest BCUT2D eigenvalue weighted by Crippen LogP contribution is 2.28. The second kappa shape index (κ2) is 5.97. The molecule has 0 saturated carbocycles. The normalized spacial score (nSPS) is 22.6. The van der Waals surface area contributed by atoms with Gasteiger partial charge in [-0.3, -0.25) is 9.78 Å². The van der Waals surface area contributed by atoms with Gasteiger partial charge in [0.05, 0.1) is 5.56 Å². The molecule has 0 bridgehead atoms. The van der Waals surface area contributed by atoms with Crippen LogP contribution >= 0.6 is 12.4 Å². The number of hydrogen-bond donors (Lipinski definition) is 1. The summed E-state index contributed by atoms with van der Waals surface area (Å²) < 4.78 is 37.1. The number of carbonyl (C=O) groups excluding carboxylic acids is 1. The number of nitrogens with zero attached hydrogens (tertiary/aromatic N) is 2. The minimum atomic E-state index is -4.45. The molecule has 8 heteroatoms. The number of rotatable bonds is 1. The number of likely N-dealkylation sites (tertiary alicyclic amines) is 1. The van der Waals surface area contributed by atoms with Crippen molar-refractivity contribution in [2.75, 3.05) is 6.54 Å². The SMILES string of the molecule is CC1C(N)CCN1C(=O)c1ccc(C(F)(F)F)cn1.Cl. The Kier molecular flexibility index (Phi) is 4.99. The maximum atomic E-state index is 12.4. The Balaban J connectivity index is 0.00000200. The van der Waals surface area contributed by atoms with Gasteiger partial charge in [-0.1, -0.05) is 0 Å². The smallest absolute Gasteiger partial charge is 0.333 e. The monoisotopic (exact) mass is 309 g/mol. The molecule has 2 atom stereocenters. The molecule has 1 aliphatic heterocycles. The van der Waals surface area contributed by atoms with Crippen LogP contribution in [0.2, 0.25) is 0 Å². The third-order valence-corrected chi connectivity index (χ3v) is 3.39. The molecule has 1 aromatic heterocycles. The standard InChI is InChI=1S/C12H14F3N3O.ClH/c1-7-9(16)4-5-18(7)11(19)10-3-2-8(6-17-10)12(13,14)15;/h2-3,6-7,9H,4-5,16H2,1H3;1H. The van der Waals surface area contributed by atoms with Crippen molar-refractivity contribution < 1.29 is 18.0 Å². The number of halogens is 4. The summed E-state index contributed by atoms with van der Waals surface area (Å²) >= 11 is 0. The fraction of sp³-hybridized carbons (Fsp3) is 0.500. The van der Waals surface area contributed by atoms with Crippen LogP contribution in [0, 0.1) is 0 Å². The minimum Gasteiger partial charge on any atom is -0.333 e. The first-order valence-corrected chi connectivity index (χ1v) is 5.90. The van der Waals surface area contributed by atoms with Crippen molar-refractivity contribution in [3.05, 3.63) is 29.6 Å². The van der Waals surface area contributed by atoms with Gasteiger partial charge in [-0.15, -0.1) is 12.4 Å². The van der Waals surface area contributed by atoms with E-state index in [0.717, 1.165) is 12.1 Å². The van der Waals surface area contributed by atoms with Crippen LogP contribution in [0.5, 0.6) is 0 Å². The zero-order chi connectivity index (χ0) is 14.2. The predicted octanol–water partition coefficient (Wildman–Crippen LogP) is 2.08. The van der Waals surface area contributed by atoms with E-state index in [0.29, 0.717) is 19.2 Å². The van der Waals surface area contributed by atoms with Gasteiger partial charge in [0.2, 0.25) is 0 Å². The molecule has 0 radical (unpaired) electrons. The molecule has 0 aromatic carbocycles. The average molecular weight is 310 g/mol. The summed E-state index contributed by atoms with van der Waals surface area (Å²) in [4.78, 5) is 17.2. The summed E-state index contributed by atoms with van der Waals surface area (Å²) in [5, 5.41) is 0. The Labute approximate surface area is 120 Å². The topological polar surface area (TPSA) is 59.2 Å². The van der Waals surface area contributed by atoms with Crippen molar-refractivity contribution in [1.29, 1.82) is 0 Å². The number of pyridine rings is 1. The van der Waals surface area contributed by atoms with Crippen molar-refractivity contribution >= 4 is 18.3 Å². The van der Waals surface area contributed by atoms with E-state index in [1.165, 1.54) is 0 Å². The molecule has 0 spiro atoms. The van der Waals surface area contributed by atoms with Crippen molar-refractivity contribution in [3.63, 3.8) is 0 Å². The molecule has 112 valence electrons. The number of aromatic nitrogens is 1. The van der Waals surface area contributed by atoms with E-state index in [1.54, 1.807) is 4.90 Å². The number of carbonyl (C=O) groups is 1. The third kappa shape index (κ3) is 3.21. The van der Waals surface area contributed by atoms with Gasteiger partial charge in [0, 0.05) is 24.8 Å². The van der Waals surface area contributed by atoms with E-state index in [-0.39, 0.29) is 36.1 Å². The molecule has 4 nitrogen and oxygen atoms in total. The molecule has 2 N–H and O–H groups in total. The molecule has 1 aromatic rings. The molecule has 20 heavy (non-hydrogen) atoms. The van der Waals surface area contributed by atoms with Gasteiger partial charge in [0.25, 0.3) is 5.91 Å². The lowest BCUT2D eigenvalue weighted by atomic mass is 10.1. The van der Waals surface area contributed by atoms with Crippen LogP contribution in [0.15, 0.2) is 18.3 Å². The molecule has 0 aliphatic carbocycles. The van der Waals surface area contributed by atoms with Crippen molar-refractivity contribution in [1.82, 2.24) is 9.88 Å².